The number of hydrogen-bond donors (Lipinski definition) is 2. The summed E-state index contributed by atoms with van der Waals surface area (Å²) < 4.78 is 22.8. The summed E-state index contributed by atoms with van der Waals surface area (Å²) in [7, 11) is 3.24. The van der Waals surface area contributed by atoms with Crippen LogP contribution in [-0.4, -0.2) is 32.7 Å². The zero-order chi connectivity index (χ0) is 17.1. The smallest absolute Gasteiger partial charge is 0.231 e. The number of nitrogens with one attached hydrogen (secondary N) is 1. The fraction of sp³-hybridized carbons (Fsp3) is 0.368. The van der Waals surface area contributed by atoms with E-state index in [-0.39, 0.29) is 18.6 Å². The quantitative estimate of drug-likeness (QED) is 0.875. The minimum atomic E-state index is 0.126. The molecule has 3 aliphatic rings. The number of phenolic OH excluding ortho intramolecular Hbond substituents is 1. The Morgan fingerprint density at radius 1 is 1.08 bits per heavy atom. The Bertz CT molecular complexity index is 892. The van der Waals surface area contributed by atoms with Crippen LogP contribution in [0.25, 0.3) is 11.1 Å². The molecule has 0 saturated heterocycles. The summed E-state index contributed by atoms with van der Waals surface area (Å²) >= 11 is 0. The predicted molar refractivity (Wildman–Crippen MR) is 90.9 cm³/mol. The van der Waals surface area contributed by atoms with Crippen molar-refractivity contribution in [1.29, 1.82) is 0 Å². The average Bonchev–Trinajstić information content (AvgIpc) is 3.11. The molecule has 0 saturated carbocycles. The summed E-state index contributed by atoms with van der Waals surface area (Å²) in [6, 6.07) is 3.83. The van der Waals surface area contributed by atoms with E-state index < -0.39 is 0 Å². The Hall–Kier alpha value is -2.60. The zero-order valence-electron chi connectivity index (χ0n) is 14.1. The van der Waals surface area contributed by atoms with Crippen LogP contribution in [-0.2, 0) is 12.8 Å². The van der Waals surface area contributed by atoms with E-state index in [0.29, 0.717) is 17.2 Å². The molecular formula is C19H19NO5. The first-order valence-electron chi connectivity index (χ1n) is 8.39. The summed E-state index contributed by atoms with van der Waals surface area (Å²) in [5, 5.41) is 13.9. The molecule has 130 valence electrons. The second kappa shape index (κ2) is 5.20. The van der Waals surface area contributed by atoms with Crippen molar-refractivity contribution in [3.63, 3.8) is 0 Å². The molecule has 5 rings (SSSR count). The Labute approximate surface area is 145 Å². The lowest BCUT2D eigenvalue weighted by molar-refractivity contribution is 0.171. The summed E-state index contributed by atoms with van der Waals surface area (Å²) in [6.07, 6.45) is 1.68. The first kappa shape index (κ1) is 14.7. The largest absolute Gasteiger partial charge is 0.504 e. The molecule has 1 aliphatic carbocycles. The van der Waals surface area contributed by atoms with Crippen molar-refractivity contribution in [3.05, 3.63) is 28.8 Å². The van der Waals surface area contributed by atoms with Crippen LogP contribution in [0.2, 0.25) is 0 Å². The fourth-order valence-electron chi connectivity index (χ4n) is 4.39. The van der Waals surface area contributed by atoms with Gasteiger partial charge in [-0.3, -0.25) is 0 Å². The molecule has 25 heavy (non-hydrogen) atoms. The number of aromatic hydroxyl groups is 1. The van der Waals surface area contributed by atoms with Crippen molar-refractivity contribution in [2.75, 3.05) is 27.6 Å². The monoisotopic (exact) mass is 341 g/mol. The van der Waals surface area contributed by atoms with Crippen molar-refractivity contribution >= 4 is 0 Å². The van der Waals surface area contributed by atoms with E-state index in [1.54, 1.807) is 20.3 Å². The lowest BCUT2D eigenvalue weighted by Crippen LogP contribution is -2.34. The third kappa shape index (κ3) is 1.83. The molecule has 2 heterocycles. The van der Waals surface area contributed by atoms with Crippen LogP contribution in [0, 0.1) is 0 Å². The molecule has 0 unspecified atom stereocenters. The van der Waals surface area contributed by atoms with Gasteiger partial charge in [0.25, 0.3) is 0 Å². The van der Waals surface area contributed by atoms with Gasteiger partial charge in [-0.2, -0.15) is 0 Å². The summed E-state index contributed by atoms with van der Waals surface area (Å²) in [5.74, 6) is 2.69. The molecule has 6 heteroatoms. The number of phenols is 1. The Balaban J connectivity index is 1.93. The van der Waals surface area contributed by atoms with E-state index in [2.05, 4.69) is 5.32 Å². The van der Waals surface area contributed by atoms with Crippen LogP contribution in [0.1, 0.15) is 22.7 Å². The zero-order valence-corrected chi connectivity index (χ0v) is 14.1. The Morgan fingerprint density at radius 3 is 2.68 bits per heavy atom. The molecular weight excluding hydrogens is 322 g/mol. The van der Waals surface area contributed by atoms with Gasteiger partial charge in [-0.1, -0.05) is 6.07 Å². The highest BCUT2D eigenvalue weighted by molar-refractivity contribution is 5.90. The molecule has 0 radical (unpaired) electrons. The first-order valence-corrected chi connectivity index (χ1v) is 8.39. The number of fused-ring (bicyclic) bond motifs is 4. The van der Waals surface area contributed by atoms with Gasteiger partial charge in [-0.05, 0) is 36.6 Å². The highest BCUT2D eigenvalue weighted by atomic mass is 16.7. The van der Waals surface area contributed by atoms with Crippen molar-refractivity contribution < 1.29 is 24.1 Å². The van der Waals surface area contributed by atoms with Crippen LogP contribution in [0.5, 0.6) is 28.7 Å². The third-order valence-electron chi connectivity index (χ3n) is 5.33. The Morgan fingerprint density at radius 2 is 1.88 bits per heavy atom. The maximum Gasteiger partial charge on any atom is 0.231 e. The molecule has 0 spiro atoms. The SMILES string of the molecule is COc1c2c3c(c4c1OCO4)-c1c(ccc(O)c1OC)C[C@@H]3NCC2. The van der Waals surface area contributed by atoms with Crippen LogP contribution >= 0.6 is 0 Å². The molecule has 0 fully saturated rings. The minimum Gasteiger partial charge on any atom is -0.504 e. The first-order chi connectivity index (χ1) is 12.2. The van der Waals surface area contributed by atoms with Crippen molar-refractivity contribution in [3.8, 4) is 39.9 Å². The molecule has 2 N–H and O–H groups in total. The second-order valence-electron chi connectivity index (χ2n) is 6.48. The van der Waals surface area contributed by atoms with Gasteiger partial charge in [0.15, 0.2) is 23.0 Å². The molecule has 6 nitrogen and oxygen atoms in total. The lowest BCUT2D eigenvalue weighted by Gasteiger charge is -2.36. The van der Waals surface area contributed by atoms with Crippen LogP contribution in [0.4, 0.5) is 0 Å². The van der Waals surface area contributed by atoms with Gasteiger partial charge in [0, 0.05) is 22.7 Å². The summed E-state index contributed by atoms with van der Waals surface area (Å²) in [5.41, 5.74) is 5.29. The number of rotatable bonds is 2. The van der Waals surface area contributed by atoms with Crippen LogP contribution in [0.15, 0.2) is 12.1 Å². The normalized spacial score (nSPS) is 19.2. The molecule has 1 atom stereocenters. The van der Waals surface area contributed by atoms with Gasteiger partial charge in [0.2, 0.25) is 12.5 Å². The van der Waals surface area contributed by atoms with Gasteiger partial charge in [-0.25, -0.2) is 0 Å². The summed E-state index contributed by atoms with van der Waals surface area (Å²) in [6.45, 7) is 1.05. The number of ether oxygens (including phenoxy) is 4. The van der Waals surface area contributed by atoms with Crippen molar-refractivity contribution in [2.45, 2.75) is 18.9 Å². The molecule has 0 amide bonds. The Kier molecular flexibility index (Phi) is 3.06. The maximum absolute atomic E-state index is 10.3. The van der Waals surface area contributed by atoms with Gasteiger partial charge < -0.3 is 29.4 Å². The van der Waals surface area contributed by atoms with Gasteiger partial charge in [0.1, 0.15) is 0 Å². The van der Waals surface area contributed by atoms with E-state index >= 15 is 0 Å². The average molecular weight is 341 g/mol. The standard InChI is InChI=1S/C19H19NO5/c1-22-16-10-5-6-20-11-7-9-3-4-12(21)17(23-2)13(9)15(14(10)11)18-19(16)25-8-24-18/h3-4,11,20-21H,5-8H2,1-2H3/t11-/m0/s1. The van der Waals surface area contributed by atoms with E-state index in [4.69, 9.17) is 18.9 Å². The number of methoxy groups -OCH3 is 2. The van der Waals surface area contributed by atoms with Crippen LogP contribution < -0.4 is 24.3 Å². The molecule has 2 aromatic rings. The third-order valence-corrected chi connectivity index (χ3v) is 5.33. The van der Waals surface area contributed by atoms with Crippen molar-refractivity contribution in [1.82, 2.24) is 5.32 Å². The predicted octanol–water partition coefficient (Wildman–Crippen LogP) is 2.55. The van der Waals surface area contributed by atoms with E-state index in [0.717, 1.165) is 47.4 Å². The topological polar surface area (TPSA) is 69.2 Å². The highest BCUT2D eigenvalue weighted by Gasteiger charge is 2.40. The maximum atomic E-state index is 10.3. The lowest BCUT2D eigenvalue weighted by atomic mass is 9.76. The molecule has 2 aliphatic heterocycles. The second-order valence-corrected chi connectivity index (χ2v) is 6.48. The molecule has 2 aromatic carbocycles. The fourth-order valence-corrected chi connectivity index (χ4v) is 4.39. The summed E-state index contributed by atoms with van der Waals surface area (Å²) in [4.78, 5) is 0. The van der Waals surface area contributed by atoms with Gasteiger partial charge in [-0.15, -0.1) is 0 Å². The van der Waals surface area contributed by atoms with E-state index in [9.17, 15) is 5.11 Å². The van der Waals surface area contributed by atoms with Crippen molar-refractivity contribution in [2.24, 2.45) is 0 Å². The van der Waals surface area contributed by atoms with Gasteiger partial charge in [0.05, 0.1) is 14.2 Å². The highest BCUT2D eigenvalue weighted by Crippen LogP contribution is 2.59. The molecule has 0 bridgehead atoms. The number of benzene rings is 2. The molecule has 0 aromatic heterocycles. The minimum absolute atomic E-state index is 0.126. The van der Waals surface area contributed by atoms with E-state index in [1.165, 1.54) is 5.56 Å². The van der Waals surface area contributed by atoms with E-state index in [1.807, 2.05) is 6.07 Å². The van der Waals surface area contributed by atoms with Gasteiger partial charge >= 0.3 is 0 Å². The number of hydrogen-bond acceptors (Lipinski definition) is 6. The van der Waals surface area contributed by atoms with Crippen LogP contribution in [0.3, 0.4) is 0 Å².